The number of rotatable bonds is 4. The van der Waals surface area contributed by atoms with Crippen LogP contribution in [0, 0.1) is 34.9 Å². The van der Waals surface area contributed by atoms with Gasteiger partial charge in [0.1, 0.15) is 11.4 Å². The Bertz CT molecular complexity index is 1700. The van der Waals surface area contributed by atoms with Crippen molar-refractivity contribution < 1.29 is 45.8 Å². The van der Waals surface area contributed by atoms with Gasteiger partial charge in [-0.2, -0.15) is 22.0 Å². The third-order valence-electron chi connectivity index (χ3n) is 10.7. The van der Waals surface area contributed by atoms with Crippen molar-refractivity contribution in [2.45, 2.75) is 75.5 Å². The Hall–Kier alpha value is -4.04. The second kappa shape index (κ2) is 11.9. The molecule has 0 heterocycles. The number of fused-ring (bicyclic) bond motifs is 4. The second-order valence-corrected chi connectivity index (χ2v) is 13.1. The number of hydrogen-bond donors (Lipinski definition) is 2. The first kappa shape index (κ1) is 32.9. The van der Waals surface area contributed by atoms with Crippen LogP contribution in [0.15, 0.2) is 71.3 Å². The van der Waals surface area contributed by atoms with E-state index in [-0.39, 0.29) is 31.1 Å². The van der Waals surface area contributed by atoms with Gasteiger partial charge in [-0.1, -0.05) is 36.5 Å². The largest absolute Gasteiger partial charge is 0.456 e. The van der Waals surface area contributed by atoms with Crippen molar-refractivity contribution in [3.8, 4) is 11.8 Å². The second-order valence-electron chi connectivity index (χ2n) is 13.1. The molecule has 0 radical (unpaired) electrons. The number of aliphatic hydroxyl groups is 1. The number of halogens is 6. The van der Waals surface area contributed by atoms with Crippen molar-refractivity contribution in [1.29, 1.82) is 0 Å². The molecule has 2 aromatic carbocycles. The van der Waals surface area contributed by atoms with E-state index in [4.69, 9.17) is 4.74 Å². The molecule has 1 amide bonds. The summed E-state index contributed by atoms with van der Waals surface area (Å²) in [7, 11) is 0. The van der Waals surface area contributed by atoms with Crippen molar-refractivity contribution in [3.63, 3.8) is 0 Å². The van der Waals surface area contributed by atoms with E-state index in [0.717, 1.165) is 16.7 Å². The lowest BCUT2D eigenvalue weighted by Crippen LogP contribution is -2.65. The average Bonchev–Trinajstić information content (AvgIpc) is 3.31. The highest BCUT2D eigenvalue weighted by Gasteiger charge is 2.79. The van der Waals surface area contributed by atoms with E-state index in [1.807, 2.05) is 0 Å². The fourth-order valence-corrected chi connectivity index (χ4v) is 8.44. The molecular formula is C36H33F6NO4. The smallest absolute Gasteiger partial charge is 0.436 e. The summed E-state index contributed by atoms with van der Waals surface area (Å²) in [5, 5.41) is 13.9. The Labute approximate surface area is 268 Å². The molecule has 0 saturated heterocycles. The van der Waals surface area contributed by atoms with E-state index in [0.29, 0.717) is 42.5 Å². The van der Waals surface area contributed by atoms with Gasteiger partial charge in [0, 0.05) is 29.0 Å². The van der Waals surface area contributed by atoms with Gasteiger partial charge in [-0.05, 0) is 110 Å². The van der Waals surface area contributed by atoms with Gasteiger partial charge in [-0.25, -0.2) is 9.18 Å². The molecule has 2 saturated carbocycles. The first-order valence-electron chi connectivity index (χ1n) is 15.6. The minimum atomic E-state index is -5.91. The molecule has 2 aromatic rings. The summed E-state index contributed by atoms with van der Waals surface area (Å²) in [6.07, 6.45) is -3.96. The Morgan fingerprint density at radius 3 is 2.40 bits per heavy atom. The van der Waals surface area contributed by atoms with Gasteiger partial charge in [0.2, 0.25) is 0 Å². The number of hydrogen-bond acceptors (Lipinski definition) is 4. The summed E-state index contributed by atoms with van der Waals surface area (Å²) < 4.78 is 89.8. The topological polar surface area (TPSA) is 75.6 Å². The lowest BCUT2D eigenvalue weighted by Gasteiger charge is -2.56. The number of benzene rings is 2. The van der Waals surface area contributed by atoms with Crippen LogP contribution in [0.5, 0.6) is 0 Å². The van der Waals surface area contributed by atoms with Gasteiger partial charge >= 0.3 is 18.2 Å². The summed E-state index contributed by atoms with van der Waals surface area (Å²) >= 11 is 0. The zero-order valence-corrected chi connectivity index (χ0v) is 25.5. The maximum absolute atomic E-state index is 15.2. The van der Waals surface area contributed by atoms with Crippen LogP contribution in [0.1, 0.15) is 68.9 Å². The third-order valence-corrected chi connectivity index (χ3v) is 10.7. The summed E-state index contributed by atoms with van der Waals surface area (Å²) in [5.74, 6) is -1.58. The number of anilines is 1. The molecule has 0 aromatic heterocycles. The average molecular weight is 658 g/mol. The molecule has 4 aliphatic carbocycles. The molecule has 5 nitrogen and oxygen atoms in total. The minimum absolute atomic E-state index is 0.0138. The Morgan fingerprint density at radius 1 is 1.02 bits per heavy atom. The fraction of sp³-hybridized carbons (Fsp3) is 0.444. The van der Waals surface area contributed by atoms with E-state index >= 15 is 8.78 Å². The van der Waals surface area contributed by atoms with Crippen molar-refractivity contribution in [1.82, 2.24) is 0 Å². The third kappa shape index (κ3) is 5.64. The molecule has 0 bridgehead atoms. The van der Waals surface area contributed by atoms with Gasteiger partial charge in [0.15, 0.2) is 12.4 Å². The molecular weight excluding hydrogens is 624 g/mol. The maximum atomic E-state index is 15.2. The fourth-order valence-electron chi connectivity index (χ4n) is 8.44. The minimum Gasteiger partial charge on any atom is -0.436 e. The lowest BCUT2D eigenvalue weighted by atomic mass is 9.50. The van der Waals surface area contributed by atoms with E-state index < -0.39 is 53.3 Å². The number of carbonyl (C=O) groups excluding carboxylic acids is 2. The monoisotopic (exact) mass is 657 g/mol. The van der Waals surface area contributed by atoms with Crippen LogP contribution < -0.4 is 5.32 Å². The summed E-state index contributed by atoms with van der Waals surface area (Å²) in [6, 6.07) is 12.0. The highest BCUT2D eigenvalue weighted by Crippen LogP contribution is 2.70. The number of carbonyl (C=O) groups is 2. The summed E-state index contributed by atoms with van der Waals surface area (Å²) in [5.41, 5.74) is -0.534. The van der Waals surface area contributed by atoms with Crippen LogP contribution in [-0.2, 0) is 9.53 Å². The Balaban J connectivity index is 1.27. The van der Waals surface area contributed by atoms with Crippen LogP contribution >= 0.6 is 0 Å². The number of ketones is 1. The zero-order valence-electron chi connectivity index (χ0n) is 25.5. The van der Waals surface area contributed by atoms with Gasteiger partial charge in [0.05, 0.1) is 0 Å². The summed E-state index contributed by atoms with van der Waals surface area (Å²) in [6.45, 7) is 1.15. The molecule has 47 heavy (non-hydrogen) atoms. The molecule has 4 aliphatic rings. The first-order valence-corrected chi connectivity index (χ1v) is 15.6. The van der Waals surface area contributed by atoms with Crippen molar-refractivity contribution in [2.24, 2.45) is 17.3 Å². The van der Waals surface area contributed by atoms with E-state index in [1.165, 1.54) is 31.2 Å². The standard InChI is InChI=1S/C36H33F6NO4/c1-33-20-29(22-6-4-21(5-7-22)3-2-18-47-32(45)43-25-11-9-24(37)10-12-25)31-27-15-13-26(44)19-23(27)8-14-28(31)30(33)16-17-34(33,46)35(38,39)36(40,41)42/h4-7,9-12,19,28-30,46H,8,13-18,20H2,1H3,(H,43,45)/t28-,29+,30-,33-,34-/m0/s1. The number of nitrogens with one attached hydrogen (secondary N) is 1. The number of allylic oxidation sites excluding steroid dienone is 4. The number of amides is 1. The predicted molar refractivity (Wildman–Crippen MR) is 161 cm³/mol. The van der Waals surface area contributed by atoms with Crippen LogP contribution in [0.4, 0.5) is 36.8 Å². The molecule has 2 fully saturated rings. The molecule has 0 unspecified atom stereocenters. The quantitative estimate of drug-likeness (QED) is 0.257. The molecule has 11 heteroatoms. The highest BCUT2D eigenvalue weighted by atomic mass is 19.4. The van der Waals surface area contributed by atoms with E-state index in [1.54, 1.807) is 30.3 Å². The van der Waals surface area contributed by atoms with Crippen LogP contribution in [0.2, 0.25) is 0 Å². The normalized spacial score (nSPS) is 28.7. The number of alkyl halides is 5. The van der Waals surface area contributed by atoms with Crippen LogP contribution in [0.3, 0.4) is 0 Å². The number of ether oxygens (including phenoxy) is 1. The van der Waals surface area contributed by atoms with Gasteiger partial charge in [-0.3, -0.25) is 10.1 Å². The molecule has 0 spiro atoms. The zero-order chi connectivity index (χ0) is 33.8. The van der Waals surface area contributed by atoms with Gasteiger partial charge in [0.25, 0.3) is 0 Å². The highest BCUT2D eigenvalue weighted by molar-refractivity contribution is 5.93. The van der Waals surface area contributed by atoms with Gasteiger partial charge < -0.3 is 9.84 Å². The van der Waals surface area contributed by atoms with Crippen molar-refractivity contribution >= 4 is 17.6 Å². The van der Waals surface area contributed by atoms with Crippen molar-refractivity contribution in [2.75, 3.05) is 11.9 Å². The van der Waals surface area contributed by atoms with Gasteiger partial charge in [-0.15, -0.1) is 0 Å². The van der Waals surface area contributed by atoms with E-state index in [2.05, 4.69) is 17.2 Å². The molecule has 6 rings (SSSR count). The maximum Gasteiger partial charge on any atom is 0.456 e. The van der Waals surface area contributed by atoms with E-state index in [9.17, 15) is 32.3 Å². The first-order chi connectivity index (χ1) is 22.1. The lowest BCUT2D eigenvalue weighted by molar-refractivity contribution is -0.362. The molecule has 5 atom stereocenters. The Morgan fingerprint density at radius 2 is 1.72 bits per heavy atom. The van der Waals surface area contributed by atoms with Crippen LogP contribution in [0.25, 0.3) is 0 Å². The Kier molecular flexibility index (Phi) is 8.32. The molecule has 2 N–H and O–H groups in total. The molecule has 0 aliphatic heterocycles. The predicted octanol–water partition coefficient (Wildman–Crippen LogP) is 8.25. The summed E-state index contributed by atoms with van der Waals surface area (Å²) in [4.78, 5) is 24.2. The molecule has 248 valence electrons. The van der Waals surface area contributed by atoms with Crippen molar-refractivity contribution in [3.05, 3.63) is 88.3 Å². The SMILES string of the molecule is C[C@]12C[C@H](c3ccc(C#CCOC(=O)Nc4ccc(F)cc4)cc3)C3=C4CCC(=O)C=C4CC[C@H]3[C@@H]1CC[C@@]2(O)C(F)(F)C(F)(F)F. The van der Waals surface area contributed by atoms with Crippen LogP contribution in [-0.4, -0.2) is 41.3 Å².